The van der Waals surface area contributed by atoms with Gasteiger partial charge in [0.25, 0.3) is 0 Å². The summed E-state index contributed by atoms with van der Waals surface area (Å²) >= 11 is 3.54. The first-order chi connectivity index (χ1) is 32.9. The van der Waals surface area contributed by atoms with E-state index in [-0.39, 0.29) is 18.3 Å². The molecule has 1 fully saturated rings. The van der Waals surface area contributed by atoms with Crippen LogP contribution in [0, 0.1) is 0 Å². The van der Waals surface area contributed by atoms with Crippen molar-refractivity contribution in [1.29, 1.82) is 0 Å². The van der Waals surface area contributed by atoms with Gasteiger partial charge in [-0.05, 0) is 135 Å². The van der Waals surface area contributed by atoms with Crippen molar-refractivity contribution in [3.05, 3.63) is 186 Å². The minimum absolute atomic E-state index is 0.315. The molecule has 8 aromatic carbocycles. The van der Waals surface area contributed by atoms with Gasteiger partial charge in [0.2, 0.25) is 0 Å². The molecule has 3 heterocycles. The van der Waals surface area contributed by atoms with Crippen molar-refractivity contribution in [3.8, 4) is 44.9 Å². The van der Waals surface area contributed by atoms with E-state index >= 15 is 0 Å². The third-order valence-electron chi connectivity index (χ3n) is 13.6. The lowest BCUT2D eigenvalue weighted by Crippen LogP contribution is -2.41. The van der Waals surface area contributed by atoms with E-state index in [4.69, 9.17) is 18.8 Å². The predicted molar refractivity (Wildman–Crippen MR) is 290 cm³/mol. The second kappa shape index (κ2) is 19.6. The van der Waals surface area contributed by atoms with Crippen LogP contribution in [-0.2, 0) is 22.4 Å². The first-order valence-electron chi connectivity index (χ1n) is 23.5. The Morgan fingerprint density at radius 2 is 0.868 bits per heavy atom. The average Bonchev–Trinajstić information content (AvgIpc) is 3.95. The number of para-hydroxylation sites is 2. The standard InChI is InChI=1S/C27H23NO.C20H24BNO2.C13H11BrO/c1-3-28-26-14-7-6-13-24(26)25-16-15-20(18-27(25)28)23-12-5-4-11-22(23)19-9-8-10-21(17-19)29-2;1-6-22-17-10-8-7-9-15(17)16-12-11-14(13-18(16)22)21-23-19(2,3)20(4,5)24-21;1-15-11-6-4-5-10(9-11)12-7-2-3-8-13(12)14/h4-18H,3H2,1-2H3;7-13H,6H2,1-5H3;2-9H,1H3. The van der Waals surface area contributed by atoms with Crippen LogP contribution >= 0.6 is 15.9 Å². The van der Waals surface area contributed by atoms with E-state index in [1.807, 2.05) is 48.5 Å². The molecule has 0 amide bonds. The van der Waals surface area contributed by atoms with Gasteiger partial charge in [0.05, 0.1) is 25.4 Å². The highest BCUT2D eigenvalue weighted by Gasteiger charge is 2.51. The van der Waals surface area contributed by atoms with Gasteiger partial charge in [0, 0.05) is 61.2 Å². The van der Waals surface area contributed by atoms with E-state index < -0.39 is 0 Å². The maximum Gasteiger partial charge on any atom is 0.494 e. The topological polar surface area (TPSA) is 46.8 Å². The Balaban J connectivity index is 0.000000134. The molecule has 0 saturated carbocycles. The maximum absolute atomic E-state index is 6.22. The van der Waals surface area contributed by atoms with E-state index in [1.165, 1.54) is 65.9 Å². The van der Waals surface area contributed by atoms with Crippen molar-refractivity contribution in [2.75, 3.05) is 14.2 Å². The van der Waals surface area contributed by atoms with Gasteiger partial charge in [-0.25, -0.2) is 0 Å². The lowest BCUT2D eigenvalue weighted by atomic mass is 9.79. The Labute approximate surface area is 409 Å². The quantitative estimate of drug-likeness (QED) is 0.142. The van der Waals surface area contributed by atoms with Crippen LogP contribution in [0.3, 0.4) is 0 Å². The number of rotatable bonds is 8. The van der Waals surface area contributed by atoms with Crippen LogP contribution in [0.2, 0.25) is 0 Å². The number of aryl methyl sites for hydroxylation is 2. The van der Waals surface area contributed by atoms with Crippen LogP contribution in [0.1, 0.15) is 41.5 Å². The van der Waals surface area contributed by atoms with Crippen molar-refractivity contribution in [2.24, 2.45) is 0 Å². The molecular formula is C60H58BBrN2O4. The van der Waals surface area contributed by atoms with Crippen molar-refractivity contribution in [1.82, 2.24) is 9.13 Å². The minimum Gasteiger partial charge on any atom is -0.497 e. The molecule has 0 unspecified atom stereocenters. The molecule has 11 rings (SSSR count). The van der Waals surface area contributed by atoms with Crippen LogP contribution < -0.4 is 14.9 Å². The van der Waals surface area contributed by atoms with Gasteiger partial charge in [-0.15, -0.1) is 0 Å². The summed E-state index contributed by atoms with van der Waals surface area (Å²) in [4.78, 5) is 0. The molecule has 0 aliphatic carbocycles. The third kappa shape index (κ3) is 8.96. The van der Waals surface area contributed by atoms with Gasteiger partial charge in [0.15, 0.2) is 0 Å². The monoisotopic (exact) mass is 960 g/mol. The van der Waals surface area contributed by atoms with E-state index in [9.17, 15) is 0 Å². The number of hydrogen-bond donors (Lipinski definition) is 0. The molecule has 6 nitrogen and oxygen atoms in total. The van der Waals surface area contributed by atoms with Crippen LogP contribution in [0.25, 0.3) is 77.0 Å². The zero-order valence-corrected chi connectivity index (χ0v) is 41.8. The van der Waals surface area contributed by atoms with E-state index in [2.05, 4.69) is 200 Å². The highest BCUT2D eigenvalue weighted by Crippen LogP contribution is 2.39. The lowest BCUT2D eigenvalue weighted by molar-refractivity contribution is 0.00578. The molecule has 0 atom stereocenters. The molecule has 1 aliphatic rings. The molecule has 0 bridgehead atoms. The molecular weight excluding hydrogens is 903 g/mol. The van der Waals surface area contributed by atoms with Crippen molar-refractivity contribution in [3.63, 3.8) is 0 Å². The number of hydrogen-bond acceptors (Lipinski definition) is 4. The van der Waals surface area contributed by atoms with E-state index in [0.717, 1.165) is 45.7 Å². The van der Waals surface area contributed by atoms with E-state index in [1.54, 1.807) is 14.2 Å². The second-order valence-electron chi connectivity index (χ2n) is 18.1. The SMILES string of the molecule is CCn1c2ccccc2c2ccc(-c3ccccc3-c3cccc(OC)c3)cc21.CCn1c2ccccc2c2ccc(B3OC(C)(C)C(C)(C)O3)cc21.COc1cccc(-c2ccccc2Br)c1. The molecule has 8 heteroatoms. The van der Waals surface area contributed by atoms with Gasteiger partial charge in [0.1, 0.15) is 11.5 Å². The summed E-state index contributed by atoms with van der Waals surface area (Å²) in [7, 11) is 3.07. The van der Waals surface area contributed by atoms with Crippen LogP contribution in [-0.4, -0.2) is 41.7 Å². The number of fused-ring (bicyclic) bond motifs is 6. The van der Waals surface area contributed by atoms with Crippen LogP contribution in [0.15, 0.2) is 186 Å². The number of halogens is 1. The summed E-state index contributed by atoms with van der Waals surface area (Å²) in [5.74, 6) is 1.75. The molecule has 10 aromatic rings. The summed E-state index contributed by atoms with van der Waals surface area (Å²) in [6.45, 7) is 14.7. The number of benzene rings is 8. The highest BCUT2D eigenvalue weighted by atomic mass is 79.9. The first kappa shape index (κ1) is 46.5. The van der Waals surface area contributed by atoms with Crippen LogP contribution in [0.5, 0.6) is 11.5 Å². The minimum atomic E-state index is -0.317. The van der Waals surface area contributed by atoms with Crippen molar-refractivity contribution < 1.29 is 18.8 Å². The van der Waals surface area contributed by atoms with E-state index in [0.29, 0.717) is 0 Å². The molecule has 0 radical (unpaired) electrons. The normalized spacial score (nSPS) is 13.9. The summed E-state index contributed by atoms with van der Waals surface area (Å²) in [5.41, 5.74) is 12.7. The molecule has 1 saturated heterocycles. The van der Waals surface area contributed by atoms with Gasteiger partial charge in [-0.1, -0.05) is 143 Å². The Morgan fingerprint density at radius 3 is 1.38 bits per heavy atom. The number of nitrogens with zero attached hydrogens (tertiary/aromatic N) is 2. The lowest BCUT2D eigenvalue weighted by Gasteiger charge is -2.32. The van der Waals surface area contributed by atoms with Crippen molar-refractivity contribution in [2.45, 2.75) is 65.8 Å². The number of methoxy groups -OCH3 is 2. The maximum atomic E-state index is 6.22. The fourth-order valence-corrected chi connectivity index (χ4v) is 9.87. The zero-order chi connectivity index (χ0) is 47.6. The Kier molecular flexibility index (Phi) is 13.4. The first-order valence-corrected chi connectivity index (χ1v) is 24.2. The summed E-state index contributed by atoms with van der Waals surface area (Å²) in [6, 6.07) is 63.7. The molecule has 68 heavy (non-hydrogen) atoms. The third-order valence-corrected chi connectivity index (χ3v) is 14.3. The zero-order valence-electron chi connectivity index (χ0n) is 40.2. The average molecular weight is 962 g/mol. The molecule has 0 N–H and O–H groups in total. The predicted octanol–water partition coefficient (Wildman–Crippen LogP) is 15.4. The highest BCUT2D eigenvalue weighted by molar-refractivity contribution is 9.10. The summed E-state index contributed by atoms with van der Waals surface area (Å²) in [6.07, 6.45) is 0. The van der Waals surface area contributed by atoms with Gasteiger partial charge < -0.3 is 27.9 Å². The van der Waals surface area contributed by atoms with Gasteiger partial charge in [-0.3, -0.25) is 0 Å². The summed E-state index contributed by atoms with van der Waals surface area (Å²) < 4.78 is 28.9. The number of ether oxygens (including phenoxy) is 2. The van der Waals surface area contributed by atoms with Crippen LogP contribution in [0.4, 0.5) is 0 Å². The number of aromatic nitrogens is 2. The summed E-state index contributed by atoms with van der Waals surface area (Å²) in [5, 5.41) is 5.21. The largest absolute Gasteiger partial charge is 0.497 e. The fourth-order valence-electron chi connectivity index (χ4n) is 9.35. The Hall–Kier alpha value is -6.58. The molecule has 2 aromatic heterocycles. The van der Waals surface area contributed by atoms with Gasteiger partial charge in [-0.2, -0.15) is 0 Å². The smallest absolute Gasteiger partial charge is 0.494 e. The molecule has 342 valence electrons. The Morgan fingerprint density at radius 1 is 0.441 bits per heavy atom. The van der Waals surface area contributed by atoms with Crippen molar-refractivity contribution >= 4 is 72.1 Å². The molecule has 0 spiro atoms. The molecule has 1 aliphatic heterocycles. The Bertz CT molecular complexity index is 3390. The van der Waals surface area contributed by atoms with Gasteiger partial charge >= 0.3 is 7.12 Å². The second-order valence-corrected chi connectivity index (χ2v) is 19.0. The fraction of sp³-hybridized carbons (Fsp3) is 0.200.